The molecule has 100 valence electrons. The molecule has 0 saturated heterocycles. The van der Waals surface area contributed by atoms with Gasteiger partial charge in [-0.15, -0.1) is 10.2 Å². The molecule has 2 rings (SSSR count). The van der Waals surface area contributed by atoms with Crippen LogP contribution in [0.4, 0.5) is 13.2 Å². The van der Waals surface area contributed by atoms with E-state index in [2.05, 4.69) is 10.2 Å². The van der Waals surface area contributed by atoms with Gasteiger partial charge in [-0.3, -0.25) is 4.79 Å². The van der Waals surface area contributed by atoms with E-state index in [4.69, 9.17) is 5.11 Å². The van der Waals surface area contributed by atoms with Crippen LogP contribution < -0.4 is 0 Å². The summed E-state index contributed by atoms with van der Waals surface area (Å²) in [5, 5.41) is 15.4. The molecular weight excluding hydrogens is 249 g/mol. The lowest BCUT2D eigenvalue weighted by atomic mass is 9.67. The molecule has 7 heteroatoms. The number of hydrogen-bond donors (Lipinski definition) is 1. The molecule has 1 heterocycles. The Hall–Kier alpha value is -1.40. The average Bonchev–Trinajstić information content (AvgIpc) is 3.01. The van der Waals surface area contributed by atoms with Crippen LogP contribution in [0.3, 0.4) is 0 Å². The highest BCUT2D eigenvalue weighted by molar-refractivity contribution is 5.75. The van der Waals surface area contributed by atoms with Crippen molar-refractivity contribution in [2.45, 2.75) is 38.5 Å². The minimum Gasteiger partial charge on any atom is -0.481 e. The largest absolute Gasteiger partial charge is 0.481 e. The molecule has 18 heavy (non-hydrogen) atoms. The first-order valence-corrected chi connectivity index (χ1v) is 5.57. The minimum atomic E-state index is -4.53. The predicted octanol–water partition coefficient (Wildman–Crippen LogP) is 3.16. The summed E-state index contributed by atoms with van der Waals surface area (Å²) in [6.45, 7) is 3.20. The molecule has 0 spiro atoms. The first kappa shape index (κ1) is 13.0. The first-order valence-electron chi connectivity index (χ1n) is 5.57. The number of rotatable bonds is 2. The van der Waals surface area contributed by atoms with Crippen molar-refractivity contribution in [3.05, 3.63) is 11.6 Å². The molecule has 0 amide bonds. The molecule has 2 unspecified atom stereocenters. The summed E-state index contributed by atoms with van der Waals surface area (Å²) < 4.78 is 38.4. The van der Waals surface area contributed by atoms with Gasteiger partial charge in [-0.05, 0) is 31.3 Å². The molecule has 0 aromatic rings. The molecule has 0 bridgehead atoms. The van der Waals surface area contributed by atoms with E-state index in [0.29, 0.717) is 0 Å². The fraction of sp³-hybridized carbons (Fsp3) is 0.727. The highest BCUT2D eigenvalue weighted by Gasteiger charge is 2.66. The second kappa shape index (κ2) is 3.55. The summed E-state index contributed by atoms with van der Waals surface area (Å²) in [4.78, 5) is 11.2. The van der Waals surface area contributed by atoms with Gasteiger partial charge in [0.2, 0.25) is 0 Å². The van der Waals surface area contributed by atoms with Gasteiger partial charge in [0.05, 0.1) is 5.41 Å². The van der Waals surface area contributed by atoms with Crippen molar-refractivity contribution in [1.29, 1.82) is 0 Å². The third kappa shape index (κ3) is 1.64. The van der Waals surface area contributed by atoms with Gasteiger partial charge in [-0.1, -0.05) is 13.0 Å². The van der Waals surface area contributed by atoms with Crippen LogP contribution in [-0.4, -0.2) is 22.9 Å². The Balaban J connectivity index is 2.26. The quantitative estimate of drug-likeness (QED) is 0.777. The summed E-state index contributed by atoms with van der Waals surface area (Å²) in [5.41, 5.74) is -3.34. The zero-order chi connectivity index (χ0) is 13.8. The fourth-order valence-electron chi connectivity index (χ4n) is 2.23. The SMILES string of the molecule is CC1CC(C2(C(F)(F)F)N=N2)=CCC1(C)C(=O)O. The maximum Gasteiger partial charge on any atom is 0.441 e. The second-order valence-electron chi connectivity index (χ2n) is 5.13. The zero-order valence-electron chi connectivity index (χ0n) is 9.95. The van der Waals surface area contributed by atoms with E-state index in [-0.39, 0.29) is 24.3 Å². The predicted molar refractivity (Wildman–Crippen MR) is 55.9 cm³/mol. The smallest absolute Gasteiger partial charge is 0.441 e. The molecule has 1 aliphatic carbocycles. The Kier molecular flexibility index (Phi) is 2.57. The third-order valence-electron chi connectivity index (χ3n) is 4.02. The summed E-state index contributed by atoms with van der Waals surface area (Å²) in [7, 11) is 0. The van der Waals surface area contributed by atoms with Crippen molar-refractivity contribution in [3.63, 3.8) is 0 Å². The standard InChI is InChI=1S/C11H13F3N2O2/c1-6-5-7(3-4-9(6,2)8(17)18)10(15-16-10)11(12,13)14/h3,6H,4-5H2,1-2H3,(H,17,18). The highest BCUT2D eigenvalue weighted by atomic mass is 19.4. The van der Waals surface area contributed by atoms with Crippen molar-refractivity contribution in [2.24, 2.45) is 21.6 Å². The molecule has 2 aliphatic rings. The van der Waals surface area contributed by atoms with Crippen LogP contribution >= 0.6 is 0 Å². The molecule has 0 aromatic heterocycles. The van der Waals surface area contributed by atoms with Crippen LogP contribution in [0.15, 0.2) is 21.9 Å². The Bertz CT molecular complexity index is 450. The first-order chi connectivity index (χ1) is 8.13. The molecule has 0 saturated carbocycles. The topological polar surface area (TPSA) is 62.0 Å². The van der Waals surface area contributed by atoms with Gasteiger partial charge >= 0.3 is 17.8 Å². The maximum atomic E-state index is 12.8. The number of aliphatic carboxylic acids is 1. The average molecular weight is 262 g/mol. The van der Waals surface area contributed by atoms with Gasteiger partial charge < -0.3 is 5.11 Å². The second-order valence-corrected chi connectivity index (χ2v) is 5.13. The Morgan fingerprint density at radius 2 is 2.06 bits per heavy atom. The normalized spacial score (nSPS) is 34.1. The number of hydrogen-bond acceptors (Lipinski definition) is 3. The molecule has 0 radical (unpaired) electrons. The minimum absolute atomic E-state index is 0.0509. The number of allylic oxidation sites excluding steroid dienone is 1. The molecule has 1 N–H and O–H groups in total. The van der Waals surface area contributed by atoms with E-state index in [1.54, 1.807) is 13.8 Å². The van der Waals surface area contributed by atoms with Crippen LogP contribution in [0.1, 0.15) is 26.7 Å². The maximum absolute atomic E-state index is 12.8. The Morgan fingerprint density at radius 3 is 2.39 bits per heavy atom. The van der Waals surface area contributed by atoms with Crippen LogP contribution in [0.25, 0.3) is 0 Å². The van der Waals surface area contributed by atoms with Crippen molar-refractivity contribution >= 4 is 5.97 Å². The van der Waals surface area contributed by atoms with Gasteiger partial charge in [0.25, 0.3) is 0 Å². The van der Waals surface area contributed by atoms with E-state index in [1.807, 2.05) is 0 Å². The molecular formula is C11H13F3N2O2. The molecule has 0 fully saturated rings. The van der Waals surface area contributed by atoms with Crippen LogP contribution in [0.5, 0.6) is 0 Å². The van der Waals surface area contributed by atoms with Crippen molar-refractivity contribution < 1.29 is 23.1 Å². The Labute approximate surface area is 102 Å². The summed E-state index contributed by atoms with van der Waals surface area (Å²) in [6.07, 6.45) is -3.08. The van der Waals surface area contributed by atoms with E-state index >= 15 is 0 Å². The fourth-order valence-corrected chi connectivity index (χ4v) is 2.23. The van der Waals surface area contributed by atoms with E-state index in [1.165, 1.54) is 6.08 Å². The van der Waals surface area contributed by atoms with Gasteiger partial charge in [-0.25, -0.2) is 0 Å². The van der Waals surface area contributed by atoms with Crippen molar-refractivity contribution in [1.82, 2.24) is 0 Å². The molecule has 4 nitrogen and oxygen atoms in total. The lowest BCUT2D eigenvalue weighted by molar-refractivity contribution is -0.157. The van der Waals surface area contributed by atoms with Crippen molar-refractivity contribution in [2.75, 3.05) is 0 Å². The Morgan fingerprint density at radius 1 is 1.50 bits per heavy atom. The summed E-state index contributed by atoms with van der Waals surface area (Å²) >= 11 is 0. The van der Waals surface area contributed by atoms with E-state index in [9.17, 15) is 18.0 Å². The van der Waals surface area contributed by atoms with Crippen LogP contribution in [-0.2, 0) is 4.79 Å². The molecule has 0 aromatic carbocycles. The van der Waals surface area contributed by atoms with E-state index < -0.39 is 23.2 Å². The van der Waals surface area contributed by atoms with Crippen LogP contribution in [0.2, 0.25) is 0 Å². The van der Waals surface area contributed by atoms with Gasteiger partial charge in [0, 0.05) is 0 Å². The van der Waals surface area contributed by atoms with Gasteiger partial charge in [-0.2, -0.15) is 13.2 Å². The van der Waals surface area contributed by atoms with Gasteiger partial charge in [0.15, 0.2) is 0 Å². The zero-order valence-corrected chi connectivity index (χ0v) is 9.95. The van der Waals surface area contributed by atoms with E-state index in [0.717, 1.165) is 0 Å². The number of halogens is 3. The molecule has 1 aliphatic heterocycles. The summed E-state index contributed by atoms with van der Waals surface area (Å²) in [6, 6.07) is 0. The van der Waals surface area contributed by atoms with Gasteiger partial charge in [0.1, 0.15) is 0 Å². The number of alkyl halides is 3. The number of carboxylic acids is 1. The van der Waals surface area contributed by atoms with Crippen molar-refractivity contribution in [3.8, 4) is 0 Å². The monoisotopic (exact) mass is 262 g/mol. The molecule has 2 atom stereocenters. The lowest BCUT2D eigenvalue weighted by Crippen LogP contribution is -2.42. The number of carboxylic acid groups (broad SMARTS) is 1. The van der Waals surface area contributed by atoms with Crippen LogP contribution in [0, 0.1) is 11.3 Å². The third-order valence-corrected chi connectivity index (χ3v) is 4.02. The number of carbonyl (C=O) groups is 1. The number of nitrogens with zero attached hydrogens (tertiary/aromatic N) is 2. The summed E-state index contributed by atoms with van der Waals surface area (Å²) in [5.74, 6) is -1.38. The highest BCUT2D eigenvalue weighted by Crippen LogP contribution is 2.54. The lowest BCUT2D eigenvalue weighted by Gasteiger charge is -2.36.